The number of amides is 2. The Morgan fingerprint density at radius 3 is 2.62 bits per heavy atom. The average molecular weight is 329 g/mol. The molecular weight excluding hydrogens is 302 g/mol. The number of hydrogen-bond acceptors (Lipinski definition) is 3. The second-order valence-corrected chi connectivity index (χ2v) is 7.08. The standard InChI is InChI=1S/C19H27N3O2/c1-19(18(24)21-12-6-10-16(14-21)20-2)11-7-13-22(19)17(23)15-8-4-3-5-9-15/h3-5,8-9,16,20H,6-7,10-14H2,1-2H3. The van der Waals surface area contributed by atoms with E-state index in [4.69, 9.17) is 0 Å². The molecule has 2 aliphatic heterocycles. The fraction of sp³-hybridized carbons (Fsp3) is 0.579. The van der Waals surface area contributed by atoms with Gasteiger partial charge in [-0.3, -0.25) is 9.59 Å². The second kappa shape index (κ2) is 6.93. The van der Waals surface area contributed by atoms with Crippen LogP contribution in [0.5, 0.6) is 0 Å². The molecule has 0 aliphatic carbocycles. The molecule has 2 fully saturated rings. The molecule has 5 heteroatoms. The van der Waals surface area contributed by atoms with E-state index >= 15 is 0 Å². The van der Waals surface area contributed by atoms with Crippen molar-refractivity contribution in [3.8, 4) is 0 Å². The van der Waals surface area contributed by atoms with Crippen LogP contribution in [0.15, 0.2) is 30.3 Å². The van der Waals surface area contributed by atoms with Crippen molar-refractivity contribution in [2.75, 3.05) is 26.7 Å². The van der Waals surface area contributed by atoms with E-state index in [1.54, 1.807) is 4.90 Å². The summed E-state index contributed by atoms with van der Waals surface area (Å²) in [6, 6.07) is 9.63. The second-order valence-electron chi connectivity index (χ2n) is 7.08. The van der Waals surface area contributed by atoms with E-state index in [9.17, 15) is 9.59 Å². The molecular formula is C19H27N3O2. The van der Waals surface area contributed by atoms with Crippen molar-refractivity contribution in [1.29, 1.82) is 0 Å². The van der Waals surface area contributed by atoms with Gasteiger partial charge in [-0.2, -0.15) is 0 Å². The van der Waals surface area contributed by atoms with Crippen molar-refractivity contribution in [3.63, 3.8) is 0 Å². The van der Waals surface area contributed by atoms with E-state index < -0.39 is 5.54 Å². The van der Waals surface area contributed by atoms with E-state index in [0.29, 0.717) is 18.2 Å². The van der Waals surface area contributed by atoms with Crippen LogP contribution in [0.4, 0.5) is 0 Å². The van der Waals surface area contributed by atoms with Gasteiger partial charge in [-0.25, -0.2) is 0 Å². The van der Waals surface area contributed by atoms with Crippen LogP contribution in [0.1, 0.15) is 43.0 Å². The highest BCUT2D eigenvalue weighted by molar-refractivity contribution is 5.99. The summed E-state index contributed by atoms with van der Waals surface area (Å²) in [5.74, 6) is 0.0651. The van der Waals surface area contributed by atoms with Gasteiger partial charge in [0.25, 0.3) is 5.91 Å². The molecule has 0 saturated carbocycles. The first-order valence-electron chi connectivity index (χ1n) is 8.90. The van der Waals surface area contributed by atoms with E-state index in [-0.39, 0.29) is 11.8 Å². The van der Waals surface area contributed by atoms with E-state index in [2.05, 4.69) is 5.32 Å². The maximum Gasteiger partial charge on any atom is 0.254 e. The molecule has 2 unspecified atom stereocenters. The lowest BCUT2D eigenvalue weighted by Gasteiger charge is -2.41. The zero-order valence-electron chi connectivity index (χ0n) is 14.6. The quantitative estimate of drug-likeness (QED) is 0.921. The summed E-state index contributed by atoms with van der Waals surface area (Å²) >= 11 is 0. The summed E-state index contributed by atoms with van der Waals surface area (Å²) < 4.78 is 0. The van der Waals surface area contributed by atoms with Crippen molar-refractivity contribution in [2.24, 2.45) is 0 Å². The van der Waals surface area contributed by atoms with Gasteiger partial charge in [0.1, 0.15) is 5.54 Å². The minimum Gasteiger partial charge on any atom is -0.339 e. The Labute approximate surface area is 144 Å². The van der Waals surface area contributed by atoms with Crippen LogP contribution in [0.2, 0.25) is 0 Å². The van der Waals surface area contributed by atoms with E-state index in [1.807, 2.05) is 49.2 Å². The van der Waals surface area contributed by atoms with Crippen LogP contribution in [-0.4, -0.2) is 59.9 Å². The molecule has 0 bridgehead atoms. The lowest BCUT2D eigenvalue weighted by atomic mass is 9.94. The minimum absolute atomic E-state index is 0.0360. The largest absolute Gasteiger partial charge is 0.339 e. The zero-order valence-corrected chi connectivity index (χ0v) is 14.6. The predicted molar refractivity (Wildman–Crippen MR) is 93.8 cm³/mol. The number of rotatable bonds is 3. The van der Waals surface area contributed by atoms with Crippen molar-refractivity contribution in [3.05, 3.63) is 35.9 Å². The molecule has 2 saturated heterocycles. The summed E-state index contributed by atoms with van der Waals surface area (Å²) in [5, 5.41) is 3.28. The normalized spacial score (nSPS) is 27.3. The molecule has 0 spiro atoms. The molecule has 0 radical (unpaired) electrons. The molecule has 1 aromatic rings. The van der Waals surface area contributed by atoms with Crippen LogP contribution in [0.25, 0.3) is 0 Å². The molecule has 24 heavy (non-hydrogen) atoms. The third-order valence-electron chi connectivity index (χ3n) is 5.48. The summed E-state index contributed by atoms with van der Waals surface area (Å²) in [5.41, 5.74) is -0.0621. The first kappa shape index (κ1) is 17.0. The highest BCUT2D eigenvalue weighted by Crippen LogP contribution is 2.33. The minimum atomic E-state index is -0.720. The van der Waals surface area contributed by atoms with Crippen molar-refractivity contribution >= 4 is 11.8 Å². The lowest BCUT2D eigenvalue weighted by molar-refractivity contribution is -0.142. The van der Waals surface area contributed by atoms with Gasteiger partial charge in [0.05, 0.1) is 0 Å². The van der Waals surface area contributed by atoms with Crippen LogP contribution in [-0.2, 0) is 4.79 Å². The third-order valence-corrected chi connectivity index (χ3v) is 5.48. The van der Waals surface area contributed by atoms with Gasteiger partial charge < -0.3 is 15.1 Å². The van der Waals surface area contributed by atoms with Crippen molar-refractivity contribution in [1.82, 2.24) is 15.1 Å². The lowest BCUT2D eigenvalue weighted by Crippen LogP contribution is -2.59. The number of carbonyl (C=O) groups excluding carboxylic acids is 2. The predicted octanol–water partition coefficient (Wildman–Crippen LogP) is 1.89. The Kier molecular flexibility index (Phi) is 4.90. The van der Waals surface area contributed by atoms with Gasteiger partial charge in [-0.15, -0.1) is 0 Å². The fourth-order valence-electron chi connectivity index (χ4n) is 3.99. The topological polar surface area (TPSA) is 52.7 Å². The highest BCUT2D eigenvalue weighted by atomic mass is 16.2. The summed E-state index contributed by atoms with van der Waals surface area (Å²) in [6.07, 6.45) is 3.73. The Hall–Kier alpha value is -1.88. The molecule has 2 heterocycles. The smallest absolute Gasteiger partial charge is 0.254 e. The number of piperidine rings is 1. The summed E-state index contributed by atoms with van der Waals surface area (Å²) in [6.45, 7) is 4.11. The molecule has 0 aromatic heterocycles. The number of hydrogen-bond donors (Lipinski definition) is 1. The number of likely N-dealkylation sites (tertiary alicyclic amines) is 2. The molecule has 1 aromatic carbocycles. The SMILES string of the molecule is CNC1CCCN(C(=O)C2(C)CCCN2C(=O)c2ccccc2)C1. The molecule has 130 valence electrons. The molecule has 1 N–H and O–H groups in total. The van der Waals surface area contributed by atoms with E-state index in [0.717, 1.165) is 38.8 Å². The maximum absolute atomic E-state index is 13.2. The molecule has 2 aliphatic rings. The highest BCUT2D eigenvalue weighted by Gasteiger charge is 2.48. The first-order valence-corrected chi connectivity index (χ1v) is 8.90. The van der Waals surface area contributed by atoms with Crippen molar-refractivity contribution < 1.29 is 9.59 Å². The third kappa shape index (κ3) is 3.05. The van der Waals surface area contributed by atoms with Gasteiger partial charge in [-0.1, -0.05) is 18.2 Å². The maximum atomic E-state index is 13.2. The summed E-state index contributed by atoms with van der Waals surface area (Å²) in [7, 11) is 1.95. The molecule has 2 amide bonds. The fourth-order valence-corrected chi connectivity index (χ4v) is 3.99. The van der Waals surface area contributed by atoms with Crippen LogP contribution in [0, 0.1) is 0 Å². The molecule has 5 nitrogen and oxygen atoms in total. The summed E-state index contributed by atoms with van der Waals surface area (Å²) in [4.78, 5) is 29.9. The van der Waals surface area contributed by atoms with Gasteiger partial charge in [0.15, 0.2) is 0 Å². The number of carbonyl (C=O) groups is 2. The van der Waals surface area contributed by atoms with Crippen molar-refractivity contribution in [2.45, 2.75) is 44.2 Å². The number of nitrogens with one attached hydrogen (secondary N) is 1. The Morgan fingerprint density at radius 2 is 1.92 bits per heavy atom. The first-order chi connectivity index (χ1) is 11.6. The Bertz CT molecular complexity index is 604. The zero-order chi connectivity index (χ0) is 17.2. The van der Waals surface area contributed by atoms with Crippen LogP contribution < -0.4 is 5.32 Å². The van der Waals surface area contributed by atoms with Gasteiger partial charge >= 0.3 is 0 Å². The van der Waals surface area contributed by atoms with Crippen LogP contribution in [0.3, 0.4) is 0 Å². The van der Waals surface area contributed by atoms with Gasteiger partial charge in [-0.05, 0) is 51.8 Å². The van der Waals surface area contributed by atoms with Crippen LogP contribution >= 0.6 is 0 Å². The number of likely N-dealkylation sites (N-methyl/N-ethyl adjacent to an activating group) is 1. The molecule has 3 rings (SSSR count). The number of benzene rings is 1. The van der Waals surface area contributed by atoms with Gasteiger partial charge in [0, 0.05) is 31.2 Å². The number of nitrogens with zero attached hydrogens (tertiary/aromatic N) is 2. The average Bonchev–Trinajstić information content (AvgIpc) is 3.04. The molecule has 2 atom stereocenters. The Balaban J connectivity index is 1.79. The van der Waals surface area contributed by atoms with Gasteiger partial charge in [0.2, 0.25) is 5.91 Å². The monoisotopic (exact) mass is 329 g/mol. The Morgan fingerprint density at radius 1 is 1.17 bits per heavy atom. The van der Waals surface area contributed by atoms with E-state index in [1.165, 1.54) is 0 Å².